The number of aromatic nitrogens is 2. The van der Waals surface area contributed by atoms with E-state index in [0.717, 1.165) is 41.0 Å². The number of rotatable bonds is 1. The summed E-state index contributed by atoms with van der Waals surface area (Å²) in [5, 5.41) is 1.30. The summed E-state index contributed by atoms with van der Waals surface area (Å²) in [7, 11) is 0. The average Bonchev–Trinajstić information content (AvgIpc) is 3.64. The van der Waals surface area contributed by atoms with E-state index in [1.165, 1.54) is 55.4 Å². The Morgan fingerprint density at radius 3 is 2.38 bits per heavy atom. The summed E-state index contributed by atoms with van der Waals surface area (Å²) >= 11 is 0. The van der Waals surface area contributed by atoms with Gasteiger partial charge in [0.25, 0.3) is 0 Å². The molecular formula is C45H32N2O. The summed E-state index contributed by atoms with van der Waals surface area (Å²) in [5.74, 6) is 2.14. The molecule has 3 aliphatic carbocycles. The standard InChI is InChI=1S/C45H32N2O/c1-44-26-11-10-23-41(44)45(34-16-4-3-15-33(34)44)35-17-5-9-22-40(35)48-42-29(14-12-18-36(42)45)28-24-25-30-31-13-2-7-20-38(31)47-39-21-8-6-19-37(39)46-43(47)32(30)27-28/h2-23,26-27,41H,24-25H2,1H3. The van der Waals surface area contributed by atoms with Crippen LogP contribution in [0.4, 0.5) is 0 Å². The van der Waals surface area contributed by atoms with Gasteiger partial charge in [-0.1, -0.05) is 122 Å². The molecular weight excluding hydrogens is 585 g/mol. The highest BCUT2D eigenvalue weighted by atomic mass is 16.5. The monoisotopic (exact) mass is 616 g/mol. The van der Waals surface area contributed by atoms with Crippen molar-refractivity contribution < 1.29 is 4.74 Å². The lowest BCUT2D eigenvalue weighted by Gasteiger charge is -2.45. The average molecular weight is 617 g/mol. The summed E-state index contributed by atoms with van der Waals surface area (Å²) in [6, 6.07) is 42.0. The third-order valence-corrected chi connectivity index (χ3v) is 11.8. The molecule has 2 aromatic heterocycles. The number of pyridine rings is 1. The number of para-hydroxylation sites is 5. The molecule has 0 fully saturated rings. The van der Waals surface area contributed by atoms with E-state index in [1.54, 1.807) is 0 Å². The molecule has 48 heavy (non-hydrogen) atoms. The van der Waals surface area contributed by atoms with E-state index in [2.05, 4.69) is 157 Å². The van der Waals surface area contributed by atoms with Gasteiger partial charge in [0.1, 0.15) is 17.1 Å². The van der Waals surface area contributed by atoms with E-state index < -0.39 is 0 Å². The molecule has 11 rings (SSSR count). The largest absolute Gasteiger partial charge is 0.456 e. The maximum absolute atomic E-state index is 7.07. The maximum atomic E-state index is 7.07. The molecule has 3 nitrogen and oxygen atoms in total. The van der Waals surface area contributed by atoms with Crippen LogP contribution in [0.15, 0.2) is 140 Å². The topological polar surface area (TPSA) is 26.5 Å². The molecule has 4 aliphatic rings. The van der Waals surface area contributed by atoms with Crippen LogP contribution in [0.1, 0.15) is 52.3 Å². The van der Waals surface area contributed by atoms with Crippen LogP contribution in [0, 0.1) is 5.92 Å². The Labute approximate surface area is 279 Å². The number of allylic oxidation sites excluding steroid dienone is 5. The third-order valence-electron chi connectivity index (χ3n) is 11.8. The highest BCUT2D eigenvalue weighted by Crippen LogP contribution is 2.67. The number of aryl methyl sites for hydroxylation is 1. The van der Waals surface area contributed by atoms with Crippen LogP contribution >= 0.6 is 0 Å². The van der Waals surface area contributed by atoms with Gasteiger partial charge < -0.3 is 4.74 Å². The second-order valence-electron chi connectivity index (χ2n) is 14.0. The van der Waals surface area contributed by atoms with E-state index in [0.29, 0.717) is 0 Å². The lowest BCUT2D eigenvalue weighted by molar-refractivity contribution is 0.329. The molecule has 3 heterocycles. The molecule has 7 aromatic rings. The van der Waals surface area contributed by atoms with Crippen molar-refractivity contribution in [1.82, 2.24) is 9.38 Å². The molecule has 1 aliphatic heterocycles. The molecule has 3 atom stereocenters. The maximum Gasteiger partial charge on any atom is 0.146 e. The SMILES string of the molecule is CC12C=CC=CC1C1(c3ccccc3Oc3c(C4=Cc5c(c6ccccc6n6c5nc5ccccc56)CC4)cccc31)c1ccccc12. The predicted molar refractivity (Wildman–Crippen MR) is 195 cm³/mol. The predicted octanol–water partition coefficient (Wildman–Crippen LogP) is 10.6. The summed E-state index contributed by atoms with van der Waals surface area (Å²) in [4.78, 5) is 5.23. The second-order valence-corrected chi connectivity index (χ2v) is 14.0. The molecule has 0 saturated heterocycles. The van der Waals surface area contributed by atoms with Gasteiger partial charge in [0.15, 0.2) is 0 Å². The van der Waals surface area contributed by atoms with Crippen molar-refractivity contribution in [2.45, 2.75) is 30.6 Å². The fourth-order valence-electron chi connectivity index (χ4n) is 9.82. The van der Waals surface area contributed by atoms with Gasteiger partial charge in [-0.05, 0) is 65.4 Å². The van der Waals surface area contributed by atoms with E-state index in [4.69, 9.17) is 9.72 Å². The van der Waals surface area contributed by atoms with Crippen molar-refractivity contribution >= 4 is 39.2 Å². The zero-order chi connectivity index (χ0) is 31.6. The quantitative estimate of drug-likeness (QED) is 0.183. The highest BCUT2D eigenvalue weighted by Gasteiger charge is 2.61. The summed E-state index contributed by atoms with van der Waals surface area (Å²) in [6.45, 7) is 2.41. The molecule has 0 N–H and O–H groups in total. The molecule has 0 bridgehead atoms. The zero-order valence-corrected chi connectivity index (χ0v) is 26.7. The second kappa shape index (κ2) is 9.23. The smallest absolute Gasteiger partial charge is 0.146 e. The minimum atomic E-state index is -0.385. The number of imidazole rings is 1. The van der Waals surface area contributed by atoms with E-state index in [9.17, 15) is 0 Å². The van der Waals surface area contributed by atoms with Crippen LogP contribution < -0.4 is 4.74 Å². The Morgan fingerprint density at radius 2 is 1.46 bits per heavy atom. The van der Waals surface area contributed by atoms with Gasteiger partial charge in [-0.3, -0.25) is 4.40 Å². The minimum absolute atomic E-state index is 0.137. The molecule has 5 aromatic carbocycles. The molecule has 1 spiro atoms. The van der Waals surface area contributed by atoms with Crippen molar-refractivity contribution in [2.24, 2.45) is 5.92 Å². The number of hydrogen-bond donors (Lipinski definition) is 0. The van der Waals surface area contributed by atoms with Crippen LogP contribution in [0.2, 0.25) is 0 Å². The summed E-state index contributed by atoms with van der Waals surface area (Å²) < 4.78 is 9.42. The number of ether oxygens (including phenoxy) is 1. The molecule has 0 radical (unpaired) electrons. The lowest BCUT2D eigenvalue weighted by atomic mass is 9.58. The van der Waals surface area contributed by atoms with Gasteiger partial charge in [-0.25, -0.2) is 4.98 Å². The lowest BCUT2D eigenvalue weighted by Crippen LogP contribution is -2.42. The van der Waals surface area contributed by atoms with Crippen molar-refractivity contribution in [3.8, 4) is 11.5 Å². The van der Waals surface area contributed by atoms with Gasteiger partial charge in [-0.2, -0.15) is 0 Å². The Kier molecular flexibility index (Phi) is 5.08. The van der Waals surface area contributed by atoms with Crippen LogP contribution in [0.5, 0.6) is 11.5 Å². The van der Waals surface area contributed by atoms with Crippen molar-refractivity contribution in [3.05, 3.63) is 179 Å². The number of fused-ring (bicyclic) bond motifs is 17. The van der Waals surface area contributed by atoms with Gasteiger partial charge >= 0.3 is 0 Å². The Balaban J connectivity index is 1.20. The normalized spacial score (nSPS) is 23.0. The molecule has 3 unspecified atom stereocenters. The highest BCUT2D eigenvalue weighted by molar-refractivity contribution is 6.01. The Morgan fingerprint density at radius 1 is 0.708 bits per heavy atom. The number of hydrogen-bond acceptors (Lipinski definition) is 2. The van der Waals surface area contributed by atoms with Crippen LogP contribution in [-0.4, -0.2) is 9.38 Å². The molecule has 3 heteroatoms. The molecule has 0 amide bonds. The first-order valence-corrected chi connectivity index (χ1v) is 17.1. The van der Waals surface area contributed by atoms with Crippen LogP contribution in [0.3, 0.4) is 0 Å². The van der Waals surface area contributed by atoms with Crippen molar-refractivity contribution in [3.63, 3.8) is 0 Å². The Bertz CT molecular complexity index is 2640. The van der Waals surface area contributed by atoms with Crippen LogP contribution in [0.25, 0.3) is 39.2 Å². The summed E-state index contributed by atoms with van der Waals surface area (Å²) in [5.41, 5.74) is 14.2. The van der Waals surface area contributed by atoms with E-state index >= 15 is 0 Å². The summed E-state index contributed by atoms with van der Waals surface area (Å²) in [6.07, 6.45) is 13.6. The van der Waals surface area contributed by atoms with Gasteiger partial charge in [0, 0.05) is 39.0 Å². The first-order chi connectivity index (χ1) is 23.7. The minimum Gasteiger partial charge on any atom is -0.456 e. The van der Waals surface area contributed by atoms with Gasteiger partial charge in [-0.15, -0.1) is 0 Å². The van der Waals surface area contributed by atoms with Gasteiger partial charge in [0.05, 0.1) is 22.0 Å². The Hall–Kier alpha value is -5.67. The fourth-order valence-corrected chi connectivity index (χ4v) is 9.82. The van der Waals surface area contributed by atoms with E-state index in [-0.39, 0.29) is 16.7 Å². The third kappa shape index (κ3) is 3.12. The first kappa shape index (κ1) is 26.4. The van der Waals surface area contributed by atoms with Crippen molar-refractivity contribution in [1.29, 1.82) is 0 Å². The molecule has 0 saturated carbocycles. The fraction of sp³-hybridized carbons (Fsp3) is 0.133. The first-order valence-electron chi connectivity index (χ1n) is 17.1. The van der Waals surface area contributed by atoms with E-state index in [1.807, 2.05) is 0 Å². The molecule has 228 valence electrons. The zero-order valence-electron chi connectivity index (χ0n) is 26.7. The number of benzene rings is 5. The van der Waals surface area contributed by atoms with Crippen LogP contribution in [-0.2, 0) is 17.3 Å². The van der Waals surface area contributed by atoms with Crippen molar-refractivity contribution in [2.75, 3.05) is 0 Å². The van der Waals surface area contributed by atoms with Gasteiger partial charge in [0.2, 0.25) is 0 Å². The number of nitrogens with zero attached hydrogens (tertiary/aromatic N) is 2.